The van der Waals surface area contributed by atoms with Crippen molar-refractivity contribution in [3.05, 3.63) is 90.2 Å². The van der Waals surface area contributed by atoms with E-state index >= 15 is 0 Å². The third-order valence-electron chi connectivity index (χ3n) is 5.38. The second-order valence-electron chi connectivity index (χ2n) is 7.53. The first-order valence-electron chi connectivity index (χ1n) is 10.3. The summed E-state index contributed by atoms with van der Waals surface area (Å²) < 4.78 is 52.2. The molecule has 7 nitrogen and oxygen atoms in total. The van der Waals surface area contributed by atoms with Crippen molar-refractivity contribution in [1.82, 2.24) is 9.97 Å². The van der Waals surface area contributed by atoms with Crippen LogP contribution >= 0.6 is 11.6 Å². The highest BCUT2D eigenvalue weighted by Gasteiger charge is 2.20. The number of fused-ring (bicyclic) bond motifs is 1. The molecule has 10 heteroatoms. The fourth-order valence-electron chi connectivity index (χ4n) is 3.77. The summed E-state index contributed by atoms with van der Waals surface area (Å²) >= 11 is 6.59. The molecule has 176 valence electrons. The van der Waals surface area contributed by atoms with E-state index in [9.17, 15) is 12.8 Å². The number of anilines is 1. The Morgan fingerprint density at radius 3 is 2.60 bits per heavy atom. The van der Waals surface area contributed by atoms with Gasteiger partial charge in [0.2, 0.25) is 0 Å². The lowest BCUT2D eigenvalue weighted by Crippen LogP contribution is -2.13. The molecule has 0 bridgehead atoms. The Kier molecular flexibility index (Phi) is 5.88. The van der Waals surface area contributed by atoms with E-state index in [4.69, 9.17) is 20.8 Å². The van der Waals surface area contributed by atoms with Crippen molar-refractivity contribution < 1.29 is 22.0 Å². The highest BCUT2D eigenvalue weighted by atomic mass is 35.5. The van der Waals surface area contributed by atoms with E-state index in [2.05, 4.69) is 14.7 Å². The van der Waals surface area contributed by atoms with Crippen molar-refractivity contribution >= 4 is 38.4 Å². The summed E-state index contributed by atoms with van der Waals surface area (Å²) in [6.07, 6.45) is 4.19. The predicted molar refractivity (Wildman–Crippen MR) is 131 cm³/mol. The van der Waals surface area contributed by atoms with Gasteiger partial charge in [0.05, 0.1) is 23.9 Å². The van der Waals surface area contributed by atoms with Crippen LogP contribution in [0.1, 0.15) is 0 Å². The number of nitrogens with zero attached hydrogens (tertiary/aromatic N) is 2. The molecule has 35 heavy (non-hydrogen) atoms. The minimum absolute atomic E-state index is 0.0341. The van der Waals surface area contributed by atoms with Gasteiger partial charge in [-0.3, -0.25) is 4.98 Å². The maximum Gasteiger partial charge on any atom is 0.308 e. The van der Waals surface area contributed by atoms with Gasteiger partial charge in [0.1, 0.15) is 17.8 Å². The summed E-state index contributed by atoms with van der Waals surface area (Å²) in [6.45, 7) is 0. The number of pyridine rings is 1. The average molecular weight is 510 g/mol. The Morgan fingerprint density at radius 1 is 1.00 bits per heavy atom. The molecule has 0 amide bonds. The van der Waals surface area contributed by atoms with Gasteiger partial charge in [-0.25, -0.2) is 22.5 Å². The molecular formula is C25H17ClFN3O4S. The fourth-order valence-corrected chi connectivity index (χ4v) is 5.02. The number of benzene rings is 3. The summed E-state index contributed by atoms with van der Waals surface area (Å²) in [4.78, 5) is 8.33. The molecule has 0 spiro atoms. The Labute approximate surface area is 205 Å². The molecule has 2 aromatic heterocycles. The molecule has 0 saturated heterocycles. The van der Waals surface area contributed by atoms with E-state index in [1.54, 1.807) is 42.6 Å². The number of oxazole rings is 1. The van der Waals surface area contributed by atoms with Crippen molar-refractivity contribution in [2.45, 2.75) is 4.90 Å². The molecule has 3 aromatic carbocycles. The van der Waals surface area contributed by atoms with Gasteiger partial charge in [-0.05, 0) is 53.4 Å². The molecule has 0 aliphatic heterocycles. The number of sulfonamides is 1. The molecule has 5 aromatic rings. The van der Waals surface area contributed by atoms with E-state index in [1.807, 2.05) is 0 Å². The average Bonchev–Trinajstić information content (AvgIpc) is 3.35. The molecule has 0 unspecified atom stereocenters. The molecule has 0 fully saturated rings. The van der Waals surface area contributed by atoms with Crippen LogP contribution in [0.2, 0.25) is 5.02 Å². The van der Waals surface area contributed by atoms with E-state index in [0.29, 0.717) is 43.9 Å². The maximum absolute atomic E-state index is 13.8. The van der Waals surface area contributed by atoms with Crippen molar-refractivity contribution in [2.24, 2.45) is 0 Å². The molecule has 2 heterocycles. The number of ether oxygens (including phenoxy) is 1. The molecule has 0 atom stereocenters. The molecule has 1 N–H and O–H groups in total. The van der Waals surface area contributed by atoms with Crippen LogP contribution in [0.15, 0.2) is 88.6 Å². The van der Waals surface area contributed by atoms with Gasteiger partial charge in [0.15, 0.2) is 0 Å². The molecular weight excluding hydrogens is 493 g/mol. The van der Waals surface area contributed by atoms with Gasteiger partial charge >= 0.3 is 6.01 Å². The van der Waals surface area contributed by atoms with Gasteiger partial charge in [0, 0.05) is 27.7 Å². The number of rotatable bonds is 6. The van der Waals surface area contributed by atoms with Crippen LogP contribution in [0.25, 0.3) is 33.2 Å². The van der Waals surface area contributed by atoms with Crippen LogP contribution in [0.4, 0.5) is 10.4 Å². The van der Waals surface area contributed by atoms with Crippen molar-refractivity contribution in [1.29, 1.82) is 0 Å². The molecule has 0 aliphatic rings. The van der Waals surface area contributed by atoms with Crippen LogP contribution in [0, 0.1) is 5.82 Å². The van der Waals surface area contributed by atoms with Gasteiger partial charge in [-0.15, -0.1) is 0 Å². The summed E-state index contributed by atoms with van der Waals surface area (Å²) in [5, 5.41) is 1.72. The normalized spacial score (nSPS) is 11.5. The van der Waals surface area contributed by atoms with E-state index in [0.717, 1.165) is 0 Å². The van der Waals surface area contributed by atoms with Gasteiger partial charge in [0.25, 0.3) is 10.0 Å². The summed E-state index contributed by atoms with van der Waals surface area (Å²) in [5.74, 6) is 0.108. The minimum Gasteiger partial charge on any atom is -0.496 e. The van der Waals surface area contributed by atoms with Gasteiger partial charge in [-0.2, -0.15) is 0 Å². The zero-order chi connectivity index (χ0) is 24.6. The molecule has 0 saturated carbocycles. The summed E-state index contributed by atoms with van der Waals surface area (Å²) in [7, 11) is -2.39. The SMILES string of the molecule is COc1cc(-c2cccc(F)c2)c(Cl)cc1-c1nccc2cc(S(=O)(=O)Nc3ncco3)ccc12. The topological polar surface area (TPSA) is 94.3 Å². The fraction of sp³-hybridized carbons (Fsp3) is 0.0400. The Bertz CT molecular complexity index is 1660. The number of hydrogen-bond acceptors (Lipinski definition) is 6. The zero-order valence-corrected chi connectivity index (χ0v) is 19.8. The quantitative estimate of drug-likeness (QED) is 0.294. The highest BCUT2D eigenvalue weighted by molar-refractivity contribution is 7.92. The van der Waals surface area contributed by atoms with Crippen molar-refractivity contribution in [3.8, 4) is 28.1 Å². The third kappa shape index (κ3) is 4.43. The van der Waals surface area contributed by atoms with Crippen LogP contribution in [0.5, 0.6) is 5.75 Å². The van der Waals surface area contributed by atoms with Gasteiger partial charge < -0.3 is 9.15 Å². The lowest BCUT2D eigenvalue weighted by molar-refractivity contribution is 0.416. The third-order valence-corrected chi connectivity index (χ3v) is 7.01. The molecule has 5 rings (SSSR count). The first-order valence-corrected chi connectivity index (χ1v) is 12.2. The smallest absolute Gasteiger partial charge is 0.308 e. The second kappa shape index (κ2) is 9.01. The second-order valence-corrected chi connectivity index (χ2v) is 9.62. The summed E-state index contributed by atoms with van der Waals surface area (Å²) in [5.41, 5.74) is 2.38. The Morgan fingerprint density at radius 2 is 1.86 bits per heavy atom. The van der Waals surface area contributed by atoms with Crippen LogP contribution in [-0.4, -0.2) is 25.5 Å². The van der Waals surface area contributed by atoms with Crippen molar-refractivity contribution in [3.63, 3.8) is 0 Å². The van der Waals surface area contributed by atoms with Gasteiger partial charge in [-0.1, -0.05) is 29.8 Å². The predicted octanol–water partition coefficient (Wildman–Crippen LogP) is 6.16. The largest absolute Gasteiger partial charge is 0.496 e. The number of hydrogen-bond donors (Lipinski definition) is 1. The number of methoxy groups -OCH3 is 1. The van der Waals surface area contributed by atoms with E-state index in [1.165, 1.54) is 43.8 Å². The first-order chi connectivity index (χ1) is 16.9. The maximum atomic E-state index is 13.8. The summed E-state index contributed by atoms with van der Waals surface area (Å²) in [6, 6.07) is 15.8. The van der Waals surface area contributed by atoms with E-state index in [-0.39, 0.29) is 16.7 Å². The number of aromatic nitrogens is 2. The lowest BCUT2D eigenvalue weighted by atomic mass is 9.98. The van der Waals surface area contributed by atoms with Crippen LogP contribution in [-0.2, 0) is 10.0 Å². The van der Waals surface area contributed by atoms with Crippen LogP contribution in [0.3, 0.4) is 0 Å². The van der Waals surface area contributed by atoms with Crippen molar-refractivity contribution in [2.75, 3.05) is 11.8 Å². The highest BCUT2D eigenvalue weighted by Crippen LogP contribution is 2.41. The molecule has 0 aliphatic carbocycles. The number of halogens is 2. The zero-order valence-electron chi connectivity index (χ0n) is 18.2. The lowest BCUT2D eigenvalue weighted by Gasteiger charge is -2.15. The first kappa shape index (κ1) is 22.8. The Hall–Kier alpha value is -3.95. The van der Waals surface area contributed by atoms with E-state index < -0.39 is 10.0 Å². The Balaban J connectivity index is 1.60. The van der Waals surface area contributed by atoms with Crippen LogP contribution < -0.4 is 9.46 Å². The number of nitrogens with one attached hydrogen (secondary N) is 1. The minimum atomic E-state index is -3.91. The standard InChI is InChI=1S/C25H17ClFN3O4S/c1-33-23-14-20(15-3-2-4-17(27)11-15)22(26)13-21(23)24-19-6-5-18(12-16(19)7-8-28-24)35(31,32)30-25-29-9-10-34-25/h2-14H,1H3,(H,29,30). The monoisotopic (exact) mass is 509 g/mol. The molecule has 0 radical (unpaired) electrons.